The Bertz CT molecular complexity index is 581. The minimum atomic E-state index is -0.348. The molecule has 0 amide bonds. The molecule has 0 aliphatic rings. The summed E-state index contributed by atoms with van der Waals surface area (Å²) in [6, 6.07) is 4.25. The van der Waals surface area contributed by atoms with Crippen LogP contribution >= 0.6 is 0 Å². The van der Waals surface area contributed by atoms with Crippen molar-refractivity contribution in [2.45, 2.75) is 45.6 Å². The van der Waals surface area contributed by atoms with Gasteiger partial charge in [-0.3, -0.25) is 0 Å². The summed E-state index contributed by atoms with van der Waals surface area (Å²) in [6.45, 7) is 6.31. The van der Waals surface area contributed by atoms with Crippen LogP contribution in [0.4, 0.5) is 10.1 Å². The standard InChI is InChI=1S/C14H20FN5/c1-4-14(5-2,6-3)20-13(17-18-19-20)11-9-10(15)7-8-12(11)16/h7-9H,4-6,16H2,1-3H3. The summed E-state index contributed by atoms with van der Waals surface area (Å²) in [5, 5.41) is 11.9. The number of hydrogen-bond acceptors (Lipinski definition) is 4. The Morgan fingerprint density at radius 2 is 1.85 bits per heavy atom. The van der Waals surface area contributed by atoms with Crippen LogP contribution in [-0.2, 0) is 5.54 Å². The van der Waals surface area contributed by atoms with E-state index in [9.17, 15) is 4.39 Å². The van der Waals surface area contributed by atoms with Crippen molar-refractivity contribution in [3.63, 3.8) is 0 Å². The number of nitrogens with two attached hydrogens (primary N) is 1. The predicted octanol–water partition coefficient (Wildman–Crippen LogP) is 2.99. The first-order valence-electron chi connectivity index (χ1n) is 6.92. The molecule has 0 spiro atoms. The number of rotatable bonds is 5. The molecule has 1 aromatic heterocycles. The van der Waals surface area contributed by atoms with Gasteiger partial charge in [-0.1, -0.05) is 20.8 Å². The molecule has 0 saturated heterocycles. The summed E-state index contributed by atoms with van der Waals surface area (Å²) in [5.74, 6) is 0.173. The number of nitrogen functional groups attached to an aromatic ring is 1. The molecule has 0 atom stereocenters. The van der Waals surface area contributed by atoms with Crippen LogP contribution in [-0.4, -0.2) is 20.2 Å². The summed E-state index contributed by atoms with van der Waals surface area (Å²) in [5.41, 5.74) is 6.78. The van der Waals surface area contributed by atoms with E-state index < -0.39 is 0 Å². The number of anilines is 1. The van der Waals surface area contributed by atoms with Crippen LogP contribution in [0.15, 0.2) is 18.2 Å². The van der Waals surface area contributed by atoms with Crippen LogP contribution in [0.1, 0.15) is 40.0 Å². The number of benzene rings is 1. The summed E-state index contributed by atoms with van der Waals surface area (Å²) < 4.78 is 15.3. The molecule has 2 rings (SSSR count). The maximum atomic E-state index is 13.5. The highest BCUT2D eigenvalue weighted by Crippen LogP contribution is 2.33. The van der Waals surface area contributed by atoms with Crippen molar-refractivity contribution in [3.8, 4) is 11.4 Å². The maximum absolute atomic E-state index is 13.5. The number of halogens is 1. The highest BCUT2D eigenvalue weighted by atomic mass is 19.1. The molecule has 0 bridgehead atoms. The first-order chi connectivity index (χ1) is 9.57. The smallest absolute Gasteiger partial charge is 0.184 e. The van der Waals surface area contributed by atoms with Gasteiger partial charge in [-0.15, -0.1) is 5.10 Å². The maximum Gasteiger partial charge on any atom is 0.184 e. The monoisotopic (exact) mass is 277 g/mol. The third-order valence-corrected chi connectivity index (χ3v) is 4.15. The van der Waals surface area contributed by atoms with E-state index in [2.05, 4.69) is 36.3 Å². The van der Waals surface area contributed by atoms with Gasteiger partial charge in [0.1, 0.15) is 5.82 Å². The lowest BCUT2D eigenvalue weighted by molar-refractivity contribution is 0.223. The van der Waals surface area contributed by atoms with E-state index in [1.165, 1.54) is 18.2 Å². The van der Waals surface area contributed by atoms with E-state index in [-0.39, 0.29) is 11.4 Å². The van der Waals surface area contributed by atoms with E-state index >= 15 is 0 Å². The van der Waals surface area contributed by atoms with E-state index in [1.807, 2.05) is 0 Å². The highest BCUT2D eigenvalue weighted by molar-refractivity contribution is 5.71. The van der Waals surface area contributed by atoms with Crippen molar-refractivity contribution in [2.24, 2.45) is 0 Å². The van der Waals surface area contributed by atoms with Gasteiger partial charge >= 0.3 is 0 Å². The third-order valence-electron chi connectivity index (χ3n) is 4.15. The molecule has 1 heterocycles. The van der Waals surface area contributed by atoms with Gasteiger partial charge in [0.25, 0.3) is 0 Å². The fourth-order valence-corrected chi connectivity index (χ4v) is 2.60. The SMILES string of the molecule is CCC(CC)(CC)n1nnnc1-c1cc(F)ccc1N. The van der Waals surface area contributed by atoms with E-state index in [1.54, 1.807) is 4.68 Å². The average molecular weight is 277 g/mol. The molecule has 2 N–H and O–H groups in total. The van der Waals surface area contributed by atoms with Crippen molar-refractivity contribution in [2.75, 3.05) is 5.73 Å². The van der Waals surface area contributed by atoms with E-state index in [0.717, 1.165) is 19.3 Å². The van der Waals surface area contributed by atoms with Crippen molar-refractivity contribution in [3.05, 3.63) is 24.0 Å². The van der Waals surface area contributed by atoms with Crippen LogP contribution in [0.25, 0.3) is 11.4 Å². The Kier molecular flexibility index (Phi) is 4.01. The van der Waals surface area contributed by atoms with Gasteiger partial charge in [-0.2, -0.15) is 0 Å². The van der Waals surface area contributed by atoms with Crippen molar-refractivity contribution in [1.29, 1.82) is 0 Å². The fraction of sp³-hybridized carbons (Fsp3) is 0.500. The molecule has 5 nitrogen and oxygen atoms in total. The lowest BCUT2D eigenvalue weighted by atomic mass is 9.89. The van der Waals surface area contributed by atoms with Gasteiger partial charge in [-0.25, -0.2) is 9.07 Å². The quantitative estimate of drug-likeness (QED) is 0.853. The molecule has 0 fully saturated rings. The van der Waals surface area contributed by atoms with Crippen LogP contribution in [0.2, 0.25) is 0 Å². The topological polar surface area (TPSA) is 69.6 Å². The minimum Gasteiger partial charge on any atom is -0.398 e. The Hall–Kier alpha value is -1.98. The molecule has 0 aliphatic heterocycles. The summed E-state index contributed by atoms with van der Waals surface area (Å²) in [6.07, 6.45) is 2.69. The van der Waals surface area contributed by atoms with Crippen LogP contribution < -0.4 is 5.73 Å². The van der Waals surface area contributed by atoms with Crippen molar-refractivity contribution in [1.82, 2.24) is 20.2 Å². The first-order valence-corrected chi connectivity index (χ1v) is 6.92. The molecule has 20 heavy (non-hydrogen) atoms. The molecule has 108 valence electrons. The summed E-state index contributed by atoms with van der Waals surface area (Å²) in [4.78, 5) is 0. The Labute approximate surface area is 118 Å². The molecule has 2 aromatic rings. The third kappa shape index (κ3) is 2.26. The molecule has 1 aromatic carbocycles. The van der Waals surface area contributed by atoms with Gasteiger partial charge in [0.05, 0.1) is 5.54 Å². The second-order valence-electron chi connectivity index (χ2n) is 4.93. The second kappa shape index (κ2) is 5.56. The zero-order valence-electron chi connectivity index (χ0n) is 12.1. The molecule has 0 aliphatic carbocycles. The van der Waals surface area contributed by atoms with Gasteiger partial charge in [0, 0.05) is 11.3 Å². The largest absolute Gasteiger partial charge is 0.398 e. The zero-order chi connectivity index (χ0) is 14.8. The fourth-order valence-electron chi connectivity index (χ4n) is 2.60. The van der Waals surface area contributed by atoms with Crippen LogP contribution in [0, 0.1) is 5.82 Å². The highest BCUT2D eigenvalue weighted by Gasteiger charge is 2.31. The number of hydrogen-bond donors (Lipinski definition) is 1. The van der Waals surface area contributed by atoms with Gasteiger partial charge in [0.2, 0.25) is 0 Å². The minimum absolute atomic E-state index is 0.169. The molecular weight excluding hydrogens is 257 g/mol. The molecule has 0 saturated carbocycles. The van der Waals surface area contributed by atoms with Crippen LogP contribution in [0.3, 0.4) is 0 Å². The first kappa shape index (κ1) is 14.4. The number of aromatic nitrogens is 4. The number of nitrogens with zero attached hydrogens (tertiary/aromatic N) is 4. The predicted molar refractivity (Wildman–Crippen MR) is 76.5 cm³/mol. The van der Waals surface area contributed by atoms with Crippen molar-refractivity contribution < 1.29 is 4.39 Å². The summed E-state index contributed by atoms with van der Waals surface area (Å²) in [7, 11) is 0. The van der Waals surface area contributed by atoms with Gasteiger partial charge in [0.15, 0.2) is 5.82 Å². The van der Waals surface area contributed by atoms with Crippen LogP contribution in [0.5, 0.6) is 0 Å². The zero-order valence-corrected chi connectivity index (χ0v) is 12.1. The molecular formula is C14H20FN5. The molecule has 0 unspecified atom stereocenters. The Balaban J connectivity index is 2.61. The lowest BCUT2D eigenvalue weighted by Gasteiger charge is -2.31. The van der Waals surface area contributed by atoms with Gasteiger partial charge < -0.3 is 5.73 Å². The van der Waals surface area contributed by atoms with Gasteiger partial charge in [-0.05, 0) is 47.9 Å². The summed E-state index contributed by atoms with van der Waals surface area (Å²) >= 11 is 0. The Morgan fingerprint density at radius 1 is 1.20 bits per heavy atom. The molecule has 6 heteroatoms. The lowest BCUT2D eigenvalue weighted by Crippen LogP contribution is -2.33. The second-order valence-corrected chi connectivity index (χ2v) is 4.93. The number of tetrazole rings is 1. The van der Waals surface area contributed by atoms with Crippen molar-refractivity contribution >= 4 is 5.69 Å². The van der Waals surface area contributed by atoms with E-state index in [4.69, 9.17) is 5.73 Å². The normalized spacial score (nSPS) is 11.8. The molecule has 0 radical (unpaired) electrons. The van der Waals surface area contributed by atoms with E-state index in [0.29, 0.717) is 17.1 Å². The average Bonchev–Trinajstić information content (AvgIpc) is 2.94. The Morgan fingerprint density at radius 3 is 2.45 bits per heavy atom.